The lowest BCUT2D eigenvalue weighted by atomic mass is 10.0. The molecule has 2 unspecified atom stereocenters. The lowest BCUT2D eigenvalue weighted by molar-refractivity contribution is -0.870. The van der Waals surface area contributed by atoms with Crippen LogP contribution in [0.4, 0.5) is 0 Å². The van der Waals surface area contributed by atoms with Gasteiger partial charge in [0, 0.05) is 12.8 Å². The molecule has 0 aliphatic heterocycles. The molecule has 416 valence electrons. The van der Waals surface area contributed by atoms with Gasteiger partial charge in [0.15, 0.2) is 6.10 Å². The van der Waals surface area contributed by atoms with E-state index in [2.05, 4.69) is 123 Å². The van der Waals surface area contributed by atoms with Crippen LogP contribution >= 0.6 is 0 Å². The topological polar surface area (TPSA) is 108 Å². The van der Waals surface area contributed by atoms with Crippen molar-refractivity contribution >= 4 is 17.9 Å². The predicted octanol–water partition coefficient (Wildman–Crippen LogP) is 17.1. The predicted molar refractivity (Wildman–Crippen MR) is 308 cm³/mol. The summed E-state index contributed by atoms with van der Waals surface area (Å²) in [4.78, 5) is 37.4. The molecule has 73 heavy (non-hydrogen) atoms. The van der Waals surface area contributed by atoms with Crippen LogP contribution < -0.4 is 0 Å². The van der Waals surface area contributed by atoms with E-state index in [1.165, 1.54) is 77.0 Å². The number of nitrogens with zero attached hydrogens (tertiary/aromatic N) is 1. The fourth-order valence-corrected chi connectivity index (χ4v) is 7.59. The molecule has 0 aliphatic rings. The van der Waals surface area contributed by atoms with E-state index in [0.717, 1.165) is 109 Å². The molecule has 9 heteroatoms. The molecule has 0 aromatic carbocycles. The van der Waals surface area contributed by atoms with Crippen LogP contribution in [-0.4, -0.2) is 87.4 Å². The van der Waals surface area contributed by atoms with Gasteiger partial charge in [0.25, 0.3) is 6.29 Å². The van der Waals surface area contributed by atoms with Crippen LogP contribution in [0.25, 0.3) is 0 Å². The van der Waals surface area contributed by atoms with Gasteiger partial charge in [0.2, 0.25) is 0 Å². The van der Waals surface area contributed by atoms with Gasteiger partial charge in [-0.15, -0.1) is 0 Å². The van der Waals surface area contributed by atoms with Crippen LogP contribution in [0, 0.1) is 0 Å². The molecule has 0 saturated heterocycles. The number of carboxylic acid groups (broad SMARTS) is 1. The molecular weight excluding hydrogens is 911 g/mol. The number of unbranched alkanes of at least 4 members (excludes halogenated alkanes) is 19. The fourth-order valence-electron chi connectivity index (χ4n) is 7.59. The highest BCUT2D eigenvalue weighted by Gasteiger charge is 2.25. The number of likely N-dealkylation sites (N-methyl/N-ethyl adjacent to an activating group) is 1. The first-order valence-electron chi connectivity index (χ1n) is 29.1. The van der Waals surface area contributed by atoms with E-state index < -0.39 is 24.3 Å². The Bertz CT molecular complexity index is 1560. The van der Waals surface area contributed by atoms with Crippen LogP contribution in [0.1, 0.15) is 219 Å². The summed E-state index contributed by atoms with van der Waals surface area (Å²) in [6.45, 7) is 4.73. The monoisotopic (exact) mass is 1020 g/mol. The Labute approximate surface area is 447 Å². The van der Waals surface area contributed by atoms with Gasteiger partial charge >= 0.3 is 17.9 Å². The Morgan fingerprint density at radius 1 is 0.425 bits per heavy atom. The van der Waals surface area contributed by atoms with Gasteiger partial charge in [-0.05, 0) is 83.5 Å². The molecule has 0 amide bonds. The van der Waals surface area contributed by atoms with Crippen molar-refractivity contribution in [3.05, 3.63) is 109 Å². The maximum absolute atomic E-state index is 12.9. The van der Waals surface area contributed by atoms with E-state index in [-0.39, 0.29) is 32.2 Å². The van der Waals surface area contributed by atoms with Crippen molar-refractivity contribution in [2.24, 2.45) is 0 Å². The number of carbonyl (C=O) groups is 3. The first-order valence-corrected chi connectivity index (χ1v) is 29.1. The van der Waals surface area contributed by atoms with Gasteiger partial charge in [0.05, 0.1) is 34.4 Å². The highest BCUT2D eigenvalue weighted by molar-refractivity contribution is 5.71. The highest BCUT2D eigenvalue weighted by Crippen LogP contribution is 2.15. The molecule has 2 atom stereocenters. The number of rotatable bonds is 52. The normalized spacial score (nSPS) is 13.6. The second kappa shape index (κ2) is 54.2. The van der Waals surface area contributed by atoms with Crippen molar-refractivity contribution < 1.29 is 42.9 Å². The van der Waals surface area contributed by atoms with E-state index in [1.54, 1.807) is 0 Å². The zero-order chi connectivity index (χ0) is 53.4. The molecule has 9 nitrogen and oxygen atoms in total. The molecular formula is C64H108NO8+. The summed E-state index contributed by atoms with van der Waals surface area (Å²) >= 11 is 0. The lowest BCUT2D eigenvalue weighted by Crippen LogP contribution is -2.40. The van der Waals surface area contributed by atoms with Crippen molar-refractivity contribution in [2.75, 3.05) is 47.5 Å². The first kappa shape index (κ1) is 69.0. The molecule has 0 rings (SSSR count). The van der Waals surface area contributed by atoms with E-state index in [9.17, 15) is 19.5 Å². The maximum atomic E-state index is 12.9. The maximum Gasteiger partial charge on any atom is 0.361 e. The number of esters is 2. The Hall–Kier alpha value is -4.05. The number of aliphatic carboxylic acids is 1. The largest absolute Gasteiger partial charge is 0.477 e. The van der Waals surface area contributed by atoms with Crippen molar-refractivity contribution in [1.29, 1.82) is 0 Å². The zero-order valence-electron chi connectivity index (χ0n) is 47.3. The molecule has 0 spiro atoms. The van der Waals surface area contributed by atoms with E-state index in [4.69, 9.17) is 18.9 Å². The van der Waals surface area contributed by atoms with Crippen molar-refractivity contribution in [2.45, 2.75) is 232 Å². The van der Waals surface area contributed by atoms with Crippen LogP contribution in [0.5, 0.6) is 0 Å². The lowest BCUT2D eigenvalue weighted by Gasteiger charge is -2.25. The number of ether oxygens (including phenoxy) is 4. The second-order valence-electron chi connectivity index (χ2n) is 20.2. The number of carboxylic acids is 1. The minimum absolute atomic E-state index is 0.179. The summed E-state index contributed by atoms with van der Waals surface area (Å²) < 4.78 is 22.8. The zero-order valence-corrected chi connectivity index (χ0v) is 47.3. The molecule has 0 aromatic rings. The molecule has 0 heterocycles. The van der Waals surface area contributed by atoms with Gasteiger partial charge in [-0.1, -0.05) is 232 Å². The van der Waals surface area contributed by atoms with E-state index >= 15 is 0 Å². The van der Waals surface area contributed by atoms with Crippen LogP contribution in [0.3, 0.4) is 0 Å². The Balaban J connectivity index is 4.29. The summed E-state index contributed by atoms with van der Waals surface area (Å²) in [6.07, 6.45) is 71.6. The summed E-state index contributed by atoms with van der Waals surface area (Å²) in [5.74, 6) is -2.04. The fraction of sp³-hybridized carbons (Fsp3) is 0.672. The average Bonchev–Trinajstić information content (AvgIpc) is 3.36. The molecule has 1 N–H and O–H groups in total. The van der Waals surface area contributed by atoms with E-state index in [1.807, 2.05) is 21.1 Å². The number of hydrogen-bond acceptors (Lipinski definition) is 7. The molecule has 0 fully saturated rings. The smallest absolute Gasteiger partial charge is 0.361 e. The van der Waals surface area contributed by atoms with Crippen LogP contribution in [0.15, 0.2) is 109 Å². The summed E-state index contributed by atoms with van der Waals surface area (Å²) in [5.41, 5.74) is 0. The van der Waals surface area contributed by atoms with Gasteiger partial charge in [0.1, 0.15) is 13.2 Å². The Kier molecular flexibility index (Phi) is 51.2. The molecule has 0 aromatic heterocycles. The summed E-state index contributed by atoms with van der Waals surface area (Å²) in [6, 6.07) is 0. The van der Waals surface area contributed by atoms with Gasteiger partial charge < -0.3 is 28.5 Å². The minimum atomic E-state index is -1.52. The second-order valence-corrected chi connectivity index (χ2v) is 20.2. The SMILES string of the molecule is CC/C=C\C/C=C\C/C=C\C/C=C\C/C=C\C/C=C\C/C=C\C/C=C\C/C=C\CCCCCCCC(=O)OC(COC(=O)CCCCCCCCCCCCCCCCC)COC(OCC[N+](C)(C)C)C(=O)O. The van der Waals surface area contributed by atoms with Crippen molar-refractivity contribution in [1.82, 2.24) is 0 Å². The standard InChI is InChI=1S/C64H107NO8/c1-6-8-10-12-14-16-18-20-22-23-24-25-26-27-28-29-30-31-32-33-34-35-36-37-38-39-41-43-45-47-49-51-53-55-62(67)73-60(59-72-64(63(68)69)70-57-56-65(3,4)5)58-71-61(66)54-52-50-48-46-44-42-40-21-19-17-15-13-11-9-7-2/h8,10,14,16,20,22,24-25,27-28,30-31,33-34,36-37,39,41,60,64H,6-7,9,11-13,15,17-19,21,23,26,29,32,35,38,40,42-59H2,1-5H3/p+1/b10-8-,16-14-,22-20-,25-24-,28-27-,31-30-,34-33-,37-36-,41-39-. The summed E-state index contributed by atoms with van der Waals surface area (Å²) in [7, 11) is 5.95. The Morgan fingerprint density at radius 3 is 1.16 bits per heavy atom. The van der Waals surface area contributed by atoms with Gasteiger partial charge in [-0.3, -0.25) is 9.59 Å². The van der Waals surface area contributed by atoms with Crippen LogP contribution in [0.2, 0.25) is 0 Å². The molecule has 0 bridgehead atoms. The summed E-state index contributed by atoms with van der Waals surface area (Å²) in [5, 5.41) is 9.69. The van der Waals surface area contributed by atoms with Gasteiger partial charge in [-0.25, -0.2) is 4.79 Å². The average molecular weight is 1020 g/mol. The number of quaternary nitrogens is 1. The molecule has 0 radical (unpaired) electrons. The minimum Gasteiger partial charge on any atom is -0.477 e. The van der Waals surface area contributed by atoms with E-state index in [0.29, 0.717) is 23.9 Å². The van der Waals surface area contributed by atoms with Crippen molar-refractivity contribution in [3.8, 4) is 0 Å². The first-order chi connectivity index (χ1) is 35.6. The quantitative estimate of drug-likeness (QED) is 0.0211. The third-order valence-corrected chi connectivity index (χ3v) is 12.0. The van der Waals surface area contributed by atoms with Gasteiger partial charge in [-0.2, -0.15) is 0 Å². The highest BCUT2D eigenvalue weighted by atomic mass is 16.7. The van der Waals surface area contributed by atoms with Crippen molar-refractivity contribution in [3.63, 3.8) is 0 Å². The number of allylic oxidation sites excluding steroid dienone is 18. The number of hydrogen-bond donors (Lipinski definition) is 1. The number of carbonyl (C=O) groups excluding carboxylic acids is 2. The third kappa shape index (κ3) is 55.5. The molecule has 0 saturated carbocycles. The Morgan fingerprint density at radius 2 is 0.781 bits per heavy atom. The molecule has 0 aliphatic carbocycles. The van der Waals surface area contributed by atoms with Crippen LogP contribution in [-0.2, 0) is 33.3 Å². The third-order valence-electron chi connectivity index (χ3n) is 12.0.